The van der Waals surface area contributed by atoms with Crippen LogP contribution in [0.5, 0.6) is 11.5 Å². The van der Waals surface area contributed by atoms with Gasteiger partial charge in [-0.25, -0.2) is 0 Å². The van der Waals surface area contributed by atoms with Gasteiger partial charge in [-0.3, -0.25) is 9.89 Å². The van der Waals surface area contributed by atoms with Crippen LogP contribution in [0.1, 0.15) is 55.8 Å². The molecule has 1 saturated heterocycles. The number of hydrogen-bond acceptors (Lipinski definition) is 5. The Balaban J connectivity index is 0.00000193. The summed E-state index contributed by atoms with van der Waals surface area (Å²) in [5.41, 5.74) is 1.81. The van der Waals surface area contributed by atoms with E-state index in [1.165, 1.54) is 19.3 Å². The Hall–Kier alpha value is -1.37. The molecule has 9 heteroatoms. The molecule has 2 aliphatic rings. The van der Waals surface area contributed by atoms with E-state index in [0.717, 1.165) is 48.8 Å². The van der Waals surface area contributed by atoms with E-state index in [2.05, 4.69) is 17.1 Å². The number of aliphatic imine (C=N–C) groups is 1. The van der Waals surface area contributed by atoms with Crippen molar-refractivity contribution >= 4 is 53.9 Å². The molecule has 0 aromatic heterocycles. The highest BCUT2D eigenvalue weighted by atomic mass is 35.5. The number of rotatable bonds is 7. The zero-order chi connectivity index (χ0) is 21.8. The molecule has 2 atom stereocenters. The lowest BCUT2D eigenvalue weighted by molar-refractivity contribution is 0.183. The molecule has 2 heterocycles. The van der Waals surface area contributed by atoms with Gasteiger partial charge in [0.1, 0.15) is 24.1 Å². The first kappa shape index (κ1) is 27.9. The number of nitrogens with zero attached hydrogens (tertiary/aromatic N) is 2. The Morgan fingerprint density at radius 2 is 1.73 bits per heavy atom. The number of likely N-dealkylation sites (tertiary alicyclic amines) is 1. The van der Waals surface area contributed by atoms with Crippen LogP contribution < -0.4 is 10.1 Å². The lowest BCUT2D eigenvalue weighted by atomic mass is 9.94. The van der Waals surface area contributed by atoms with E-state index in [-0.39, 0.29) is 42.6 Å². The van der Waals surface area contributed by atoms with Gasteiger partial charge in [0.05, 0.1) is 11.9 Å². The highest BCUT2D eigenvalue weighted by Crippen LogP contribution is 2.42. The molecule has 2 aromatic carbocycles. The van der Waals surface area contributed by atoms with Crippen molar-refractivity contribution in [3.63, 3.8) is 0 Å². The van der Waals surface area contributed by atoms with Crippen molar-refractivity contribution in [3.05, 3.63) is 57.6 Å². The van der Waals surface area contributed by atoms with Crippen molar-refractivity contribution in [2.24, 2.45) is 4.99 Å². The Bertz CT molecular complexity index is 951. The Labute approximate surface area is 218 Å². The molecule has 0 saturated carbocycles. The number of halogens is 4. The summed E-state index contributed by atoms with van der Waals surface area (Å²) in [6.07, 6.45) is 4.69. The van der Waals surface area contributed by atoms with Crippen molar-refractivity contribution in [1.29, 1.82) is 0 Å². The van der Waals surface area contributed by atoms with E-state index in [1.54, 1.807) is 12.1 Å². The third kappa shape index (κ3) is 6.83. The molecular weight excluding hydrogens is 504 g/mol. The normalized spacial score (nSPS) is 20.3. The smallest absolute Gasteiger partial charge is 0.120 e. The van der Waals surface area contributed by atoms with Crippen LogP contribution in [0.2, 0.25) is 10.0 Å². The second-order valence-corrected chi connectivity index (χ2v) is 8.95. The predicted molar refractivity (Wildman–Crippen MR) is 141 cm³/mol. The lowest BCUT2D eigenvalue weighted by Crippen LogP contribution is -2.33. The van der Waals surface area contributed by atoms with Gasteiger partial charge in [-0.05, 0) is 61.3 Å². The fraction of sp³-hybridized carbons (Fsp3) is 0.458. The minimum absolute atomic E-state index is 0. The molecule has 5 nitrogen and oxygen atoms in total. The van der Waals surface area contributed by atoms with Gasteiger partial charge in [0.25, 0.3) is 0 Å². The molecular formula is C24H31Cl4N3O2. The highest BCUT2D eigenvalue weighted by Gasteiger charge is 2.33. The molecule has 4 rings (SSSR count). The van der Waals surface area contributed by atoms with Gasteiger partial charge < -0.3 is 15.2 Å². The third-order valence-electron chi connectivity index (χ3n) is 6.00. The van der Waals surface area contributed by atoms with Gasteiger partial charge in [0.15, 0.2) is 0 Å². The second-order valence-electron chi connectivity index (χ2n) is 8.14. The Morgan fingerprint density at radius 3 is 2.39 bits per heavy atom. The van der Waals surface area contributed by atoms with E-state index >= 15 is 0 Å². The monoisotopic (exact) mass is 533 g/mol. The van der Waals surface area contributed by atoms with Gasteiger partial charge in [-0.1, -0.05) is 48.7 Å². The molecule has 0 radical (unpaired) electrons. The van der Waals surface area contributed by atoms with Crippen LogP contribution in [0.4, 0.5) is 0 Å². The van der Waals surface area contributed by atoms with E-state index in [4.69, 9.17) is 32.9 Å². The standard InChI is InChI=1S/C24H29Cl2N3O2.2ClH/c1-2-22-27-23(18-8-6-16(30)14-20(18)25)24(28-22)19-9-7-17(15-21(19)26)31-13-12-29-10-4-3-5-11-29;;/h6-9,14-15,23-24,30H,2-5,10-13H2,1H3,(H,27,28);2*1H/t23-,24+;;/m0../s1. The van der Waals surface area contributed by atoms with Crippen LogP contribution in [-0.4, -0.2) is 42.1 Å². The maximum atomic E-state index is 9.72. The fourth-order valence-electron chi connectivity index (χ4n) is 4.31. The minimum atomic E-state index is -0.202. The van der Waals surface area contributed by atoms with Gasteiger partial charge in [0, 0.05) is 23.0 Å². The average molecular weight is 535 g/mol. The summed E-state index contributed by atoms with van der Waals surface area (Å²) >= 11 is 13.1. The van der Waals surface area contributed by atoms with Crippen LogP contribution in [-0.2, 0) is 0 Å². The molecule has 0 spiro atoms. The van der Waals surface area contributed by atoms with Gasteiger partial charge in [0.2, 0.25) is 0 Å². The molecule has 0 aliphatic carbocycles. The number of ether oxygens (including phenoxy) is 1. The highest BCUT2D eigenvalue weighted by molar-refractivity contribution is 6.32. The van der Waals surface area contributed by atoms with E-state index in [9.17, 15) is 5.11 Å². The van der Waals surface area contributed by atoms with E-state index in [1.807, 2.05) is 24.3 Å². The SMILES string of the molecule is CCC1=N[C@H](c2ccc(OCCN3CCCCC3)cc2Cl)[C@H](c2ccc(O)cc2Cl)N1.Cl.Cl. The van der Waals surface area contributed by atoms with E-state index in [0.29, 0.717) is 16.7 Å². The van der Waals surface area contributed by atoms with Gasteiger partial charge >= 0.3 is 0 Å². The topological polar surface area (TPSA) is 57.1 Å². The maximum absolute atomic E-state index is 9.72. The van der Waals surface area contributed by atoms with Crippen molar-refractivity contribution in [2.75, 3.05) is 26.2 Å². The molecule has 0 bridgehead atoms. The Kier molecular flexibility index (Phi) is 10.9. The Morgan fingerprint density at radius 1 is 1.03 bits per heavy atom. The van der Waals surface area contributed by atoms with Crippen LogP contribution >= 0.6 is 48.0 Å². The molecule has 1 fully saturated rings. The van der Waals surface area contributed by atoms with Gasteiger partial charge in [-0.15, -0.1) is 24.8 Å². The molecule has 0 unspecified atom stereocenters. The van der Waals surface area contributed by atoms with E-state index < -0.39 is 0 Å². The number of aromatic hydroxyl groups is 1. The number of phenols is 1. The maximum Gasteiger partial charge on any atom is 0.120 e. The molecule has 2 N–H and O–H groups in total. The zero-order valence-electron chi connectivity index (χ0n) is 18.6. The van der Waals surface area contributed by atoms with Crippen molar-refractivity contribution in [3.8, 4) is 11.5 Å². The number of piperidine rings is 1. The van der Waals surface area contributed by atoms with Crippen LogP contribution in [0.3, 0.4) is 0 Å². The third-order valence-corrected chi connectivity index (χ3v) is 6.66. The van der Waals surface area contributed by atoms with Crippen LogP contribution in [0.25, 0.3) is 0 Å². The first-order chi connectivity index (χ1) is 15.0. The second kappa shape index (κ2) is 12.9. The summed E-state index contributed by atoms with van der Waals surface area (Å²) in [7, 11) is 0. The number of benzene rings is 2. The summed E-state index contributed by atoms with van der Waals surface area (Å²) in [6, 6.07) is 10.5. The van der Waals surface area contributed by atoms with Gasteiger partial charge in [-0.2, -0.15) is 0 Å². The predicted octanol–water partition coefficient (Wildman–Crippen LogP) is 6.60. The molecule has 2 aliphatic heterocycles. The van der Waals surface area contributed by atoms with Crippen molar-refractivity contribution in [2.45, 2.75) is 44.7 Å². The largest absolute Gasteiger partial charge is 0.508 e. The minimum Gasteiger partial charge on any atom is -0.508 e. The zero-order valence-corrected chi connectivity index (χ0v) is 21.7. The lowest BCUT2D eigenvalue weighted by Gasteiger charge is -2.26. The summed E-state index contributed by atoms with van der Waals surface area (Å²) in [5.74, 6) is 1.83. The number of amidine groups is 1. The summed E-state index contributed by atoms with van der Waals surface area (Å²) < 4.78 is 5.97. The molecule has 182 valence electrons. The number of nitrogens with one attached hydrogen (secondary N) is 1. The quantitative estimate of drug-likeness (QED) is 0.420. The molecule has 2 aromatic rings. The molecule has 33 heavy (non-hydrogen) atoms. The van der Waals surface area contributed by atoms with Crippen LogP contribution in [0, 0.1) is 0 Å². The summed E-state index contributed by atoms with van der Waals surface area (Å²) in [4.78, 5) is 7.32. The number of phenolic OH excluding ortho intramolecular Hbond substituents is 1. The fourth-order valence-corrected chi connectivity index (χ4v) is 4.88. The summed E-state index contributed by atoms with van der Waals surface area (Å²) in [6.45, 7) is 5.99. The van der Waals surface area contributed by atoms with Crippen molar-refractivity contribution in [1.82, 2.24) is 10.2 Å². The average Bonchev–Trinajstić information content (AvgIpc) is 3.18. The molecule has 0 amide bonds. The first-order valence-corrected chi connectivity index (χ1v) is 11.8. The number of hydrogen-bond donors (Lipinski definition) is 2. The summed E-state index contributed by atoms with van der Waals surface area (Å²) in [5, 5.41) is 14.3. The van der Waals surface area contributed by atoms with Crippen molar-refractivity contribution < 1.29 is 9.84 Å². The van der Waals surface area contributed by atoms with Crippen LogP contribution in [0.15, 0.2) is 41.4 Å². The first-order valence-electron chi connectivity index (χ1n) is 11.0.